The molecule has 0 N–H and O–H groups in total. The van der Waals surface area contributed by atoms with Gasteiger partial charge in [0, 0.05) is 5.92 Å². The van der Waals surface area contributed by atoms with Crippen molar-refractivity contribution in [1.82, 2.24) is 0 Å². The third-order valence-corrected chi connectivity index (χ3v) is 4.46. The average molecular weight is 278 g/mol. The van der Waals surface area contributed by atoms with Crippen LogP contribution in [0.15, 0.2) is 23.3 Å². The van der Waals surface area contributed by atoms with E-state index < -0.39 is 17.4 Å². The molecule has 0 heterocycles. The minimum atomic E-state index is -1.21. The summed E-state index contributed by atoms with van der Waals surface area (Å²) in [6.45, 7) is 4.10. The highest BCUT2D eigenvalue weighted by Gasteiger charge is 2.57. The van der Waals surface area contributed by atoms with Crippen molar-refractivity contribution in [2.45, 2.75) is 33.1 Å². The van der Waals surface area contributed by atoms with Crippen LogP contribution in [-0.4, -0.2) is 26.2 Å². The standard InChI is InChI=1S/C16H22O4/c1-10-8-11(2)13-12(9-10)6-5-7-16(13,14(17)19-3)15(18)20-4/h8-10,13H,5-7H2,1-4H3/t10-,13+/m0/s1. The smallest absolute Gasteiger partial charge is 0.324 e. The monoisotopic (exact) mass is 278 g/mol. The van der Waals surface area contributed by atoms with Gasteiger partial charge in [-0.15, -0.1) is 0 Å². The van der Waals surface area contributed by atoms with E-state index in [-0.39, 0.29) is 5.92 Å². The lowest BCUT2D eigenvalue weighted by molar-refractivity contribution is -0.173. The minimum absolute atomic E-state index is 0.215. The molecule has 0 bridgehead atoms. The summed E-state index contributed by atoms with van der Waals surface area (Å²) in [4.78, 5) is 24.8. The number of hydrogen-bond donors (Lipinski definition) is 0. The van der Waals surface area contributed by atoms with E-state index in [2.05, 4.69) is 19.1 Å². The summed E-state index contributed by atoms with van der Waals surface area (Å²) in [5.41, 5.74) is 1.01. The number of carbonyl (C=O) groups excluding carboxylic acids is 2. The van der Waals surface area contributed by atoms with Crippen LogP contribution in [-0.2, 0) is 19.1 Å². The Kier molecular flexibility index (Phi) is 4.02. The molecule has 2 rings (SSSR count). The molecule has 0 radical (unpaired) electrons. The Morgan fingerprint density at radius 2 is 1.80 bits per heavy atom. The SMILES string of the molecule is COC(=O)C1(C(=O)OC)CCCC2=C[C@@H](C)C=C(C)[C@H]21. The maximum Gasteiger partial charge on any atom is 0.324 e. The molecule has 0 saturated heterocycles. The molecule has 4 heteroatoms. The summed E-state index contributed by atoms with van der Waals surface area (Å²) in [7, 11) is 2.66. The van der Waals surface area contributed by atoms with Gasteiger partial charge in [-0.2, -0.15) is 0 Å². The van der Waals surface area contributed by atoms with Gasteiger partial charge in [0.2, 0.25) is 0 Å². The van der Waals surface area contributed by atoms with Crippen molar-refractivity contribution in [1.29, 1.82) is 0 Å². The summed E-state index contributed by atoms with van der Waals surface area (Å²) >= 11 is 0. The molecule has 0 aromatic carbocycles. The Bertz CT molecular complexity index is 471. The molecule has 2 atom stereocenters. The first-order chi connectivity index (χ1) is 9.47. The molecule has 0 unspecified atom stereocenters. The van der Waals surface area contributed by atoms with Crippen LogP contribution < -0.4 is 0 Å². The van der Waals surface area contributed by atoms with Gasteiger partial charge in [0.1, 0.15) is 0 Å². The number of allylic oxidation sites excluding steroid dienone is 4. The largest absolute Gasteiger partial charge is 0.468 e. The molecule has 2 aliphatic rings. The number of esters is 2. The van der Waals surface area contributed by atoms with Crippen molar-refractivity contribution < 1.29 is 19.1 Å². The van der Waals surface area contributed by atoms with Crippen molar-refractivity contribution in [2.24, 2.45) is 17.3 Å². The molecule has 0 aromatic rings. The number of carbonyl (C=O) groups is 2. The fourth-order valence-electron chi connectivity index (χ4n) is 3.82. The molecule has 0 spiro atoms. The Morgan fingerprint density at radius 3 is 2.35 bits per heavy atom. The molecule has 0 aromatic heterocycles. The summed E-state index contributed by atoms with van der Waals surface area (Å²) in [5, 5.41) is 0. The van der Waals surface area contributed by atoms with Gasteiger partial charge in [-0.3, -0.25) is 9.59 Å². The Hall–Kier alpha value is -1.58. The van der Waals surface area contributed by atoms with Crippen molar-refractivity contribution in [3.8, 4) is 0 Å². The van der Waals surface area contributed by atoms with Gasteiger partial charge in [0.15, 0.2) is 5.41 Å². The maximum atomic E-state index is 12.4. The zero-order valence-electron chi connectivity index (χ0n) is 12.6. The number of ether oxygens (including phenoxy) is 2. The average Bonchev–Trinajstić information content (AvgIpc) is 2.44. The first kappa shape index (κ1) is 14.8. The highest BCUT2D eigenvalue weighted by Crippen LogP contribution is 2.51. The zero-order valence-corrected chi connectivity index (χ0v) is 12.6. The van der Waals surface area contributed by atoms with E-state index in [1.165, 1.54) is 19.8 Å². The van der Waals surface area contributed by atoms with Gasteiger partial charge >= 0.3 is 11.9 Å². The van der Waals surface area contributed by atoms with Crippen LogP contribution in [0.3, 0.4) is 0 Å². The highest BCUT2D eigenvalue weighted by molar-refractivity contribution is 6.01. The van der Waals surface area contributed by atoms with Crippen LogP contribution in [0.25, 0.3) is 0 Å². The van der Waals surface area contributed by atoms with Gasteiger partial charge in [-0.25, -0.2) is 0 Å². The summed E-state index contributed by atoms with van der Waals surface area (Å²) in [5.74, 6) is -0.843. The lowest BCUT2D eigenvalue weighted by Gasteiger charge is -2.43. The van der Waals surface area contributed by atoms with Crippen LogP contribution in [0.4, 0.5) is 0 Å². The van der Waals surface area contributed by atoms with Gasteiger partial charge in [-0.1, -0.05) is 30.2 Å². The van der Waals surface area contributed by atoms with E-state index in [1.54, 1.807) is 0 Å². The molecule has 1 fully saturated rings. The van der Waals surface area contributed by atoms with Gasteiger partial charge in [-0.05, 0) is 32.1 Å². The van der Waals surface area contributed by atoms with E-state index in [4.69, 9.17) is 9.47 Å². The van der Waals surface area contributed by atoms with Crippen LogP contribution >= 0.6 is 0 Å². The first-order valence-corrected chi connectivity index (χ1v) is 7.03. The zero-order chi connectivity index (χ0) is 14.9. The predicted octanol–water partition coefficient (Wildman–Crippen LogP) is 2.64. The van der Waals surface area contributed by atoms with Crippen molar-refractivity contribution in [3.63, 3.8) is 0 Å². The van der Waals surface area contributed by atoms with Crippen molar-refractivity contribution >= 4 is 11.9 Å². The number of fused-ring (bicyclic) bond motifs is 1. The van der Waals surface area contributed by atoms with Crippen molar-refractivity contribution in [3.05, 3.63) is 23.3 Å². The fraction of sp³-hybridized carbons (Fsp3) is 0.625. The van der Waals surface area contributed by atoms with Gasteiger partial charge in [0.25, 0.3) is 0 Å². The second-order valence-electron chi connectivity index (χ2n) is 5.75. The molecule has 4 nitrogen and oxygen atoms in total. The summed E-state index contributed by atoms with van der Waals surface area (Å²) < 4.78 is 9.89. The second kappa shape index (κ2) is 5.43. The lowest BCUT2D eigenvalue weighted by atomic mass is 9.59. The van der Waals surface area contributed by atoms with Crippen molar-refractivity contribution in [2.75, 3.05) is 14.2 Å². The summed E-state index contributed by atoms with van der Waals surface area (Å²) in [6, 6.07) is 0. The molecular weight excluding hydrogens is 256 g/mol. The maximum absolute atomic E-state index is 12.4. The minimum Gasteiger partial charge on any atom is -0.468 e. The molecular formula is C16H22O4. The number of methoxy groups -OCH3 is 2. The van der Waals surface area contributed by atoms with Crippen LogP contribution in [0, 0.1) is 17.3 Å². The van der Waals surface area contributed by atoms with Crippen LogP contribution in [0.1, 0.15) is 33.1 Å². The highest BCUT2D eigenvalue weighted by atomic mass is 16.5. The third-order valence-electron chi connectivity index (χ3n) is 4.46. The number of rotatable bonds is 2. The first-order valence-electron chi connectivity index (χ1n) is 7.03. The molecule has 0 amide bonds. The Balaban J connectivity index is 2.56. The predicted molar refractivity (Wildman–Crippen MR) is 74.8 cm³/mol. The molecule has 110 valence electrons. The second-order valence-corrected chi connectivity index (χ2v) is 5.75. The molecule has 1 saturated carbocycles. The van der Waals surface area contributed by atoms with Crippen LogP contribution in [0.5, 0.6) is 0 Å². The topological polar surface area (TPSA) is 52.6 Å². The summed E-state index contributed by atoms with van der Waals surface area (Å²) in [6.07, 6.45) is 6.48. The van der Waals surface area contributed by atoms with Gasteiger partial charge < -0.3 is 9.47 Å². The molecule has 2 aliphatic carbocycles. The molecule has 0 aliphatic heterocycles. The Morgan fingerprint density at radius 1 is 1.20 bits per heavy atom. The van der Waals surface area contributed by atoms with Crippen LogP contribution in [0.2, 0.25) is 0 Å². The lowest BCUT2D eigenvalue weighted by Crippen LogP contribution is -2.50. The van der Waals surface area contributed by atoms with E-state index in [0.717, 1.165) is 18.4 Å². The quantitative estimate of drug-likeness (QED) is 0.442. The van der Waals surface area contributed by atoms with Gasteiger partial charge in [0.05, 0.1) is 14.2 Å². The van der Waals surface area contributed by atoms with E-state index in [0.29, 0.717) is 12.3 Å². The number of hydrogen-bond acceptors (Lipinski definition) is 4. The fourth-order valence-corrected chi connectivity index (χ4v) is 3.82. The Labute approximate surface area is 119 Å². The van der Waals surface area contributed by atoms with E-state index >= 15 is 0 Å². The van der Waals surface area contributed by atoms with E-state index in [9.17, 15) is 9.59 Å². The normalized spacial score (nSPS) is 27.8. The van der Waals surface area contributed by atoms with E-state index in [1.807, 2.05) is 6.92 Å². The third kappa shape index (κ3) is 2.07. The molecule has 20 heavy (non-hydrogen) atoms.